The summed E-state index contributed by atoms with van der Waals surface area (Å²) in [4.78, 5) is 36.3. The second-order valence-corrected chi connectivity index (χ2v) is 6.00. The highest BCUT2D eigenvalue weighted by Crippen LogP contribution is 2.45. The van der Waals surface area contributed by atoms with E-state index in [4.69, 9.17) is 9.84 Å². The number of aliphatic carboxylic acids is 1. The lowest BCUT2D eigenvalue weighted by Gasteiger charge is -2.47. The molecule has 0 saturated carbocycles. The molecule has 122 valence electrons. The quantitative estimate of drug-likeness (QED) is 0.736. The minimum Gasteiger partial charge on any atom is -0.507 e. The van der Waals surface area contributed by atoms with E-state index < -0.39 is 41.3 Å². The molecule has 1 aliphatic heterocycles. The third-order valence-corrected chi connectivity index (χ3v) is 4.66. The molecule has 7 nitrogen and oxygen atoms in total. The Hall–Kier alpha value is -2.25. The molecule has 0 radical (unpaired) electrons. The van der Waals surface area contributed by atoms with Crippen LogP contribution in [0.1, 0.15) is 40.5 Å². The van der Waals surface area contributed by atoms with Crippen LogP contribution in [0, 0.1) is 5.92 Å². The van der Waals surface area contributed by atoms with Crippen LogP contribution in [-0.4, -0.2) is 50.7 Å². The van der Waals surface area contributed by atoms with E-state index in [-0.39, 0.29) is 29.7 Å². The van der Waals surface area contributed by atoms with Gasteiger partial charge < -0.3 is 20.1 Å². The number of rotatable bonds is 2. The van der Waals surface area contributed by atoms with Gasteiger partial charge in [0.1, 0.15) is 5.75 Å². The van der Waals surface area contributed by atoms with Crippen molar-refractivity contribution >= 4 is 17.5 Å². The molecule has 23 heavy (non-hydrogen) atoms. The summed E-state index contributed by atoms with van der Waals surface area (Å²) >= 11 is 0. The van der Waals surface area contributed by atoms with Gasteiger partial charge in [-0.05, 0) is 19.4 Å². The summed E-state index contributed by atoms with van der Waals surface area (Å²) in [5.41, 5.74) is -2.26. The number of aliphatic hydroxyl groups is 1. The summed E-state index contributed by atoms with van der Waals surface area (Å²) in [5, 5.41) is 29.7. The Labute approximate surface area is 131 Å². The zero-order valence-electron chi connectivity index (χ0n) is 12.4. The molecule has 1 heterocycles. The molecule has 1 aromatic carbocycles. The summed E-state index contributed by atoms with van der Waals surface area (Å²) in [5.74, 6) is -3.79. The lowest BCUT2D eigenvalue weighted by Crippen LogP contribution is -2.64. The lowest BCUT2D eigenvalue weighted by atomic mass is 9.65. The van der Waals surface area contributed by atoms with Crippen molar-refractivity contribution < 1.29 is 34.4 Å². The topological polar surface area (TPSA) is 121 Å². The zero-order chi connectivity index (χ0) is 16.9. The van der Waals surface area contributed by atoms with E-state index in [1.54, 1.807) is 0 Å². The van der Waals surface area contributed by atoms with E-state index in [0.29, 0.717) is 0 Å². The minimum absolute atomic E-state index is 0.0489. The number of ketones is 2. The molecule has 4 unspecified atom stereocenters. The Bertz CT molecular complexity index is 710. The molecule has 0 spiro atoms. The fourth-order valence-electron chi connectivity index (χ4n) is 3.52. The van der Waals surface area contributed by atoms with Gasteiger partial charge in [-0.25, -0.2) is 0 Å². The van der Waals surface area contributed by atoms with Gasteiger partial charge in [-0.3, -0.25) is 14.4 Å². The van der Waals surface area contributed by atoms with Gasteiger partial charge >= 0.3 is 5.97 Å². The Balaban J connectivity index is 2.09. The fraction of sp³-hybridized carbons (Fsp3) is 0.438. The van der Waals surface area contributed by atoms with Gasteiger partial charge in [-0.15, -0.1) is 0 Å². The average Bonchev–Trinajstić information content (AvgIpc) is 2.47. The summed E-state index contributed by atoms with van der Waals surface area (Å²) in [6, 6.07) is 4.14. The number of phenols is 1. The van der Waals surface area contributed by atoms with Crippen LogP contribution < -0.4 is 0 Å². The third kappa shape index (κ3) is 2.15. The molecule has 3 N–H and O–H groups in total. The fourth-order valence-corrected chi connectivity index (χ4v) is 3.52. The molecular formula is C16H16O7. The first-order valence-corrected chi connectivity index (χ1v) is 7.27. The van der Waals surface area contributed by atoms with Crippen molar-refractivity contribution in [2.75, 3.05) is 0 Å². The number of carbonyl (C=O) groups is 3. The smallest absolute Gasteiger partial charge is 0.305 e. The molecule has 1 saturated heterocycles. The molecule has 0 aromatic heterocycles. The maximum Gasteiger partial charge on any atom is 0.305 e. The van der Waals surface area contributed by atoms with Crippen molar-refractivity contribution in [1.29, 1.82) is 0 Å². The van der Waals surface area contributed by atoms with E-state index in [2.05, 4.69) is 0 Å². The van der Waals surface area contributed by atoms with Gasteiger partial charge in [0.2, 0.25) is 5.78 Å². The lowest BCUT2D eigenvalue weighted by molar-refractivity contribution is -0.174. The molecule has 3 rings (SSSR count). The SMILES string of the molecule is CC1OC(CC(=O)O)CC2C(=O)c3cccc(O)c3C(=O)C12O. The van der Waals surface area contributed by atoms with Crippen molar-refractivity contribution in [3.63, 3.8) is 0 Å². The van der Waals surface area contributed by atoms with Crippen molar-refractivity contribution in [3.05, 3.63) is 29.3 Å². The van der Waals surface area contributed by atoms with Gasteiger partial charge in [0.05, 0.1) is 30.1 Å². The summed E-state index contributed by atoms with van der Waals surface area (Å²) in [7, 11) is 0. The van der Waals surface area contributed by atoms with Crippen LogP contribution in [0.3, 0.4) is 0 Å². The standard InChI is InChI=1S/C16H16O7/c1-7-16(22)10(5-8(23-7)6-12(18)19)14(20)9-3-2-4-11(17)13(9)15(16)21/h2-4,7-8,10,17,22H,5-6H2,1H3,(H,18,19). The van der Waals surface area contributed by atoms with Crippen LogP contribution in [0.15, 0.2) is 18.2 Å². The Morgan fingerprint density at radius 1 is 1.39 bits per heavy atom. The maximum absolute atomic E-state index is 12.7. The van der Waals surface area contributed by atoms with Crippen LogP contribution in [-0.2, 0) is 9.53 Å². The number of hydrogen-bond donors (Lipinski definition) is 3. The molecule has 2 aliphatic rings. The number of fused-ring (bicyclic) bond motifs is 2. The summed E-state index contributed by atoms with van der Waals surface area (Å²) in [6.45, 7) is 1.43. The highest BCUT2D eigenvalue weighted by Gasteiger charge is 2.60. The maximum atomic E-state index is 12.7. The second kappa shape index (κ2) is 5.14. The highest BCUT2D eigenvalue weighted by atomic mass is 16.5. The van der Waals surface area contributed by atoms with Gasteiger partial charge in [-0.1, -0.05) is 12.1 Å². The van der Waals surface area contributed by atoms with Crippen LogP contribution in [0.2, 0.25) is 0 Å². The van der Waals surface area contributed by atoms with Gasteiger partial charge in [0.25, 0.3) is 0 Å². The molecular weight excluding hydrogens is 304 g/mol. The Kier molecular flexibility index (Phi) is 3.50. The number of hydrogen-bond acceptors (Lipinski definition) is 6. The molecule has 1 aliphatic carbocycles. The van der Waals surface area contributed by atoms with Crippen molar-refractivity contribution in [2.45, 2.75) is 37.6 Å². The number of phenolic OH excluding ortho intramolecular Hbond substituents is 1. The van der Waals surface area contributed by atoms with Crippen LogP contribution in [0.25, 0.3) is 0 Å². The number of ether oxygens (including phenoxy) is 1. The number of Topliss-reactive ketones (excluding diaryl/α,β-unsaturated/α-hetero) is 2. The second-order valence-electron chi connectivity index (χ2n) is 6.00. The van der Waals surface area contributed by atoms with Gasteiger partial charge in [0.15, 0.2) is 11.4 Å². The molecule has 7 heteroatoms. The Morgan fingerprint density at radius 2 is 2.09 bits per heavy atom. The molecule has 1 fully saturated rings. The molecule has 1 aromatic rings. The molecule has 4 atom stereocenters. The third-order valence-electron chi connectivity index (χ3n) is 4.66. The van der Waals surface area contributed by atoms with E-state index in [1.807, 2.05) is 0 Å². The first-order chi connectivity index (χ1) is 10.8. The monoisotopic (exact) mass is 320 g/mol. The van der Waals surface area contributed by atoms with Crippen molar-refractivity contribution in [2.24, 2.45) is 5.92 Å². The number of aromatic hydroxyl groups is 1. The normalized spacial score (nSPS) is 33.0. The predicted octanol–water partition coefficient (Wildman–Crippen LogP) is 0.771. The van der Waals surface area contributed by atoms with Crippen LogP contribution in [0.4, 0.5) is 0 Å². The molecule has 0 bridgehead atoms. The van der Waals surface area contributed by atoms with Gasteiger partial charge in [0, 0.05) is 5.56 Å². The summed E-state index contributed by atoms with van der Waals surface area (Å²) < 4.78 is 5.46. The van der Waals surface area contributed by atoms with Crippen molar-refractivity contribution in [1.82, 2.24) is 0 Å². The highest BCUT2D eigenvalue weighted by molar-refractivity contribution is 6.20. The van der Waals surface area contributed by atoms with E-state index in [1.165, 1.54) is 25.1 Å². The first kappa shape index (κ1) is 15.6. The first-order valence-electron chi connectivity index (χ1n) is 7.27. The number of carboxylic acid groups (broad SMARTS) is 1. The zero-order valence-corrected chi connectivity index (χ0v) is 12.4. The Morgan fingerprint density at radius 3 is 2.74 bits per heavy atom. The van der Waals surface area contributed by atoms with Crippen molar-refractivity contribution in [3.8, 4) is 5.75 Å². The van der Waals surface area contributed by atoms with Gasteiger partial charge in [-0.2, -0.15) is 0 Å². The van der Waals surface area contributed by atoms with Crippen LogP contribution in [0.5, 0.6) is 5.75 Å². The van der Waals surface area contributed by atoms with E-state index in [0.717, 1.165) is 0 Å². The van der Waals surface area contributed by atoms with Crippen LogP contribution >= 0.6 is 0 Å². The largest absolute Gasteiger partial charge is 0.507 e. The van der Waals surface area contributed by atoms with E-state index >= 15 is 0 Å². The predicted molar refractivity (Wildman–Crippen MR) is 76.4 cm³/mol. The summed E-state index contributed by atoms with van der Waals surface area (Å²) in [6.07, 6.45) is -2.20. The van der Waals surface area contributed by atoms with E-state index in [9.17, 15) is 24.6 Å². The minimum atomic E-state index is -2.10. The number of benzene rings is 1. The number of carbonyl (C=O) groups excluding carboxylic acids is 2. The molecule has 0 amide bonds. The average molecular weight is 320 g/mol. The number of carboxylic acids is 1.